The normalized spacial score (nSPS) is 11.4. The fourth-order valence-electron chi connectivity index (χ4n) is 1.79. The first-order valence-corrected chi connectivity index (χ1v) is 6.69. The average Bonchev–Trinajstić information content (AvgIpc) is 2.36. The Labute approximate surface area is 123 Å². The zero-order chi connectivity index (χ0) is 14.8. The van der Waals surface area contributed by atoms with Gasteiger partial charge in [0.05, 0.1) is 17.8 Å². The Morgan fingerprint density at radius 2 is 1.95 bits per heavy atom. The van der Waals surface area contributed by atoms with Crippen molar-refractivity contribution in [3.63, 3.8) is 0 Å². The van der Waals surface area contributed by atoms with Crippen LogP contribution in [0.25, 0.3) is 0 Å². The number of hydrogen-bond acceptors (Lipinski definition) is 2. The molecule has 0 atom stereocenters. The Morgan fingerprint density at radius 1 is 1.20 bits per heavy atom. The number of nitrogens with zero attached hydrogens (tertiary/aromatic N) is 1. The molecule has 106 valence electrons. The molecule has 6 heteroatoms. The lowest BCUT2D eigenvalue weighted by atomic mass is 10.1. The van der Waals surface area contributed by atoms with E-state index in [-0.39, 0.29) is 12.2 Å². The van der Waals surface area contributed by atoms with Crippen LogP contribution in [0.4, 0.5) is 18.9 Å². The molecule has 0 bridgehead atoms. The van der Waals surface area contributed by atoms with Gasteiger partial charge in [-0.3, -0.25) is 4.98 Å². The number of aryl methyl sites for hydroxylation is 1. The summed E-state index contributed by atoms with van der Waals surface area (Å²) < 4.78 is 39.2. The molecule has 0 radical (unpaired) electrons. The van der Waals surface area contributed by atoms with Crippen LogP contribution in [0.1, 0.15) is 17.0 Å². The largest absolute Gasteiger partial charge is 0.418 e. The predicted octanol–water partition coefficient (Wildman–Crippen LogP) is 4.78. The van der Waals surface area contributed by atoms with Crippen molar-refractivity contribution in [1.82, 2.24) is 4.98 Å². The highest BCUT2D eigenvalue weighted by atomic mass is 79.9. The summed E-state index contributed by atoms with van der Waals surface area (Å²) in [4.78, 5) is 4.24. The summed E-state index contributed by atoms with van der Waals surface area (Å²) in [6, 6.07) is 9.47. The second kappa shape index (κ2) is 5.83. The van der Waals surface area contributed by atoms with Crippen molar-refractivity contribution in [2.45, 2.75) is 19.6 Å². The molecule has 0 aliphatic heterocycles. The van der Waals surface area contributed by atoms with Gasteiger partial charge in [-0.05, 0) is 37.3 Å². The Hall–Kier alpha value is -1.56. The van der Waals surface area contributed by atoms with Crippen LogP contribution in [0.15, 0.2) is 40.9 Å². The molecule has 1 heterocycles. The molecule has 0 saturated carbocycles. The van der Waals surface area contributed by atoms with Gasteiger partial charge < -0.3 is 5.32 Å². The summed E-state index contributed by atoms with van der Waals surface area (Å²) in [5.41, 5.74) is 0.876. The second-order valence-corrected chi connectivity index (χ2v) is 5.23. The lowest BCUT2D eigenvalue weighted by Gasteiger charge is -2.15. The van der Waals surface area contributed by atoms with E-state index in [2.05, 4.69) is 26.2 Å². The minimum Gasteiger partial charge on any atom is -0.379 e. The first-order chi connectivity index (χ1) is 9.36. The monoisotopic (exact) mass is 344 g/mol. The van der Waals surface area contributed by atoms with Gasteiger partial charge in [-0.25, -0.2) is 0 Å². The first kappa shape index (κ1) is 14.8. The number of anilines is 1. The number of hydrogen-bond donors (Lipinski definition) is 1. The Balaban J connectivity index is 2.21. The van der Waals surface area contributed by atoms with E-state index in [0.29, 0.717) is 10.2 Å². The molecule has 1 N–H and O–H groups in total. The molecule has 2 nitrogen and oxygen atoms in total. The summed E-state index contributed by atoms with van der Waals surface area (Å²) in [6.07, 6.45) is -4.40. The quantitative estimate of drug-likeness (QED) is 0.866. The molecule has 20 heavy (non-hydrogen) atoms. The van der Waals surface area contributed by atoms with Gasteiger partial charge in [-0.1, -0.05) is 22.0 Å². The van der Waals surface area contributed by atoms with Gasteiger partial charge in [0.2, 0.25) is 0 Å². The number of rotatable bonds is 3. The first-order valence-electron chi connectivity index (χ1n) is 5.89. The standard InChI is InChI=1S/C14H12BrF3N2/c1-9-3-2-4-11(20-9)8-19-13-6-5-10(15)7-12(13)14(16,17)18/h2-7,19H,8H2,1H3. The maximum atomic E-state index is 12.9. The molecule has 0 saturated heterocycles. The summed E-state index contributed by atoms with van der Waals surface area (Å²) in [5.74, 6) is 0. The van der Waals surface area contributed by atoms with E-state index < -0.39 is 11.7 Å². The summed E-state index contributed by atoms with van der Waals surface area (Å²) >= 11 is 3.05. The third-order valence-electron chi connectivity index (χ3n) is 2.69. The molecule has 0 aliphatic rings. The summed E-state index contributed by atoms with van der Waals surface area (Å²) in [6.45, 7) is 2.08. The zero-order valence-corrected chi connectivity index (χ0v) is 12.2. The van der Waals surface area contributed by atoms with Gasteiger partial charge in [-0.2, -0.15) is 13.2 Å². The van der Waals surface area contributed by atoms with Crippen LogP contribution in [0.5, 0.6) is 0 Å². The molecular weight excluding hydrogens is 333 g/mol. The second-order valence-electron chi connectivity index (χ2n) is 4.31. The fourth-order valence-corrected chi connectivity index (χ4v) is 2.15. The number of alkyl halides is 3. The highest BCUT2D eigenvalue weighted by Crippen LogP contribution is 2.36. The molecule has 0 aliphatic carbocycles. The number of pyridine rings is 1. The molecule has 0 fully saturated rings. The number of aromatic nitrogens is 1. The average molecular weight is 345 g/mol. The van der Waals surface area contributed by atoms with Gasteiger partial charge in [0.15, 0.2) is 0 Å². The van der Waals surface area contributed by atoms with E-state index in [4.69, 9.17) is 0 Å². The molecule has 1 aromatic heterocycles. The van der Waals surface area contributed by atoms with Crippen molar-refractivity contribution in [3.05, 3.63) is 57.8 Å². The van der Waals surface area contributed by atoms with E-state index >= 15 is 0 Å². The van der Waals surface area contributed by atoms with Crippen LogP contribution >= 0.6 is 15.9 Å². The smallest absolute Gasteiger partial charge is 0.379 e. The fraction of sp³-hybridized carbons (Fsp3) is 0.214. The summed E-state index contributed by atoms with van der Waals surface area (Å²) in [7, 11) is 0. The van der Waals surface area contributed by atoms with Crippen LogP contribution in [0.2, 0.25) is 0 Å². The van der Waals surface area contributed by atoms with E-state index in [0.717, 1.165) is 11.8 Å². The Morgan fingerprint density at radius 3 is 2.60 bits per heavy atom. The zero-order valence-electron chi connectivity index (χ0n) is 10.6. The molecule has 2 rings (SSSR count). The van der Waals surface area contributed by atoms with Crippen molar-refractivity contribution >= 4 is 21.6 Å². The van der Waals surface area contributed by atoms with Gasteiger partial charge >= 0.3 is 6.18 Å². The topological polar surface area (TPSA) is 24.9 Å². The van der Waals surface area contributed by atoms with E-state index in [1.54, 1.807) is 12.1 Å². The summed E-state index contributed by atoms with van der Waals surface area (Å²) in [5, 5.41) is 2.79. The molecule has 1 aromatic carbocycles. The lowest BCUT2D eigenvalue weighted by Crippen LogP contribution is -2.11. The third-order valence-corrected chi connectivity index (χ3v) is 3.19. The van der Waals surface area contributed by atoms with Gasteiger partial charge in [0.1, 0.15) is 0 Å². The highest BCUT2D eigenvalue weighted by molar-refractivity contribution is 9.10. The van der Waals surface area contributed by atoms with E-state index in [1.165, 1.54) is 6.07 Å². The molecule has 0 unspecified atom stereocenters. The minimum absolute atomic E-state index is 0.0454. The van der Waals surface area contributed by atoms with Crippen molar-refractivity contribution in [1.29, 1.82) is 0 Å². The molecule has 0 amide bonds. The van der Waals surface area contributed by atoms with Crippen LogP contribution in [-0.4, -0.2) is 4.98 Å². The number of nitrogens with one attached hydrogen (secondary N) is 1. The van der Waals surface area contributed by atoms with Crippen LogP contribution in [-0.2, 0) is 12.7 Å². The Kier molecular flexibility index (Phi) is 4.32. The number of halogens is 4. The number of benzene rings is 1. The van der Waals surface area contributed by atoms with Crippen molar-refractivity contribution in [3.8, 4) is 0 Å². The minimum atomic E-state index is -4.40. The van der Waals surface area contributed by atoms with Gasteiger partial charge in [-0.15, -0.1) is 0 Å². The van der Waals surface area contributed by atoms with E-state index in [9.17, 15) is 13.2 Å². The van der Waals surface area contributed by atoms with Crippen molar-refractivity contribution in [2.75, 3.05) is 5.32 Å². The van der Waals surface area contributed by atoms with Crippen LogP contribution in [0.3, 0.4) is 0 Å². The van der Waals surface area contributed by atoms with E-state index in [1.807, 2.05) is 19.1 Å². The Bertz CT molecular complexity index is 612. The predicted molar refractivity (Wildman–Crippen MR) is 75.4 cm³/mol. The molecule has 2 aromatic rings. The third kappa shape index (κ3) is 3.72. The molecule has 0 spiro atoms. The van der Waals surface area contributed by atoms with Gasteiger partial charge in [0, 0.05) is 15.9 Å². The maximum absolute atomic E-state index is 12.9. The van der Waals surface area contributed by atoms with Crippen molar-refractivity contribution < 1.29 is 13.2 Å². The highest BCUT2D eigenvalue weighted by Gasteiger charge is 2.33. The maximum Gasteiger partial charge on any atom is 0.418 e. The molecular formula is C14H12BrF3N2. The van der Waals surface area contributed by atoms with Gasteiger partial charge in [0.25, 0.3) is 0 Å². The van der Waals surface area contributed by atoms with Crippen LogP contribution in [0, 0.1) is 6.92 Å². The lowest BCUT2D eigenvalue weighted by molar-refractivity contribution is -0.137. The van der Waals surface area contributed by atoms with Crippen LogP contribution < -0.4 is 5.32 Å². The van der Waals surface area contributed by atoms with Crippen molar-refractivity contribution in [2.24, 2.45) is 0 Å². The SMILES string of the molecule is Cc1cccc(CNc2ccc(Br)cc2C(F)(F)F)n1.